The van der Waals surface area contributed by atoms with Gasteiger partial charge in [0, 0.05) is 12.2 Å². The van der Waals surface area contributed by atoms with Gasteiger partial charge in [-0.05, 0) is 49.7 Å². The highest BCUT2D eigenvalue weighted by molar-refractivity contribution is 7.22. The average Bonchev–Trinajstić information content (AvgIpc) is 3.18. The predicted octanol–water partition coefficient (Wildman–Crippen LogP) is 5.47. The maximum Gasteiger partial charge on any atom is 0.344 e. The van der Waals surface area contributed by atoms with Crippen LogP contribution in [0, 0.1) is 0 Å². The molecule has 164 valence electrons. The molecular formula is C23H27N3O4S. The summed E-state index contributed by atoms with van der Waals surface area (Å²) in [6.07, 6.45) is 2.99. The number of nitrogens with zero attached hydrogens (tertiary/aromatic N) is 2. The van der Waals surface area contributed by atoms with Crippen LogP contribution in [0.2, 0.25) is 0 Å². The number of benzene rings is 2. The number of amides is 2. The zero-order valence-corrected chi connectivity index (χ0v) is 18.6. The number of unbranched alkanes of at least 4 members (excludes halogenated alkanes) is 2. The molecule has 7 nitrogen and oxygen atoms in total. The van der Waals surface area contributed by atoms with E-state index in [1.165, 1.54) is 11.3 Å². The number of urea groups is 1. The molecule has 2 amide bonds. The standard InChI is InChI=1S/C23H27N3O4S/c1-3-5-8-15-26(17-11-13-18(14-12-17)30-16-21(27)29-4-2)23(28)25-22-24-19-9-6-7-10-20(19)31-22/h6-7,9-14H,3-5,8,15-16H2,1-2H3,(H,24,25,28). The third-order valence-corrected chi connectivity index (χ3v) is 5.50. The molecule has 0 fully saturated rings. The molecule has 0 aliphatic carbocycles. The van der Waals surface area contributed by atoms with Crippen molar-refractivity contribution < 1.29 is 19.1 Å². The van der Waals surface area contributed by atoms with E-state index >= 15 is 0 Å². The summed E-state index contributed by atoms with van der Waals surface area (Å²) in [6.45, 7) is 4.64. The van der Waals surface area contributed by atoms with E-state index in [9.17, 15) is 9.59 Å². The Balaban J connectivity index is 1.69. The van der Waals surface area contributed by atoms with Crippen molar-refractivity contribution in [3.8, 4) is 5.75 Å². The first kappa shape index (κ1) is 22.6. The van der Waals surface area contributed by atoms with Crippen LogP contribution < -0.4 is 15.0 Å². The lowest BCUT2D eigenvalue weighted by molar-refractivity contribution is -0.145. The number of anilines is 2. The van der Waals surface area contributed by atoms with Crippen molar-refractivity contribution in [1.82, 2.24) is 4.98 Å². The molecular weight excluding hydrogens is 414 g/mol. The zero-order valence-electron chi connectivity index (χ0n) is 17.8. The Morgan fingerprint density at radius 2 is 1.84 bits per heavy atom. The third-order valence-electron chi connectivity index (χ3n) is 4.55. The van der Waals surface area contributed by atoms with E-state index in [1.54, 1.807) is 24.0 Å². The molecule has 1 N–H and O–H groups in total. The topological polar surface area (TPSA) is 80.8 Å². The Bertz CT molecular complexity index is 970. The van der Waals surface area contributed by atoms with E-state index in [1.807, 2.05) is 36.4 Å². The molecule has 2 aromatic carbocycles. The third kappa shape index (κ3) is 6.42. The Morgan fingerprint density at radius 1 is 1.06 bits per heavy atom. The van der Waals surface area contributed by atoms with E-state index < -0.39 is 5.97 Å². The second-order valence-corrected chi connectivity index (χ2v) is 7.89. The van der Waals surface area contributed by atoms with Crippen LogP contribution in [0.5, 0.6) is 5.75 Å². The van der Waals surface area contributed by atoms with E-state index in [0.717, 1.165) is 35.2 Å². The molecule has 0 spiro atoms. The normalized spacial score (nSPS) is 10.6. The molecule has 0 saturated heterocycles. The SMILES string of the molecule is CCCCCN(C(=O)Nc1nc2ccccc2s1)c1ccc(OCC(=O)OCC)cc1. The Hall–Kier alpha value is -3.13. The van der Waals surface area contributed by atoms with Crippen molar-refractivity contribution >= 4 is 44.4 Å². The number of aromatic nitrogens is 1. The second kappa shape index (κ2) is 11.3. The number of carbonyl (C=O) groups excluding carboxylic acids is 2. The fourth-order valence-electron chi connectivity index (χ4n) is 3.02. The minimum absolute atomic E-state index is 0.147. The highest BCUT2D eigenvalue weighted by Gasteiger charge is 2.17. The molecule has 3 aromatic rings. The van der Waals surface area contributed by atoms with Crippen LogP contribution in [0.15, 0.2) is 48.5 Å². The molecule has 0 radical (unpaired) electrons. The van der Waals surface area contributed by atoms with E-state index in [2.05, 4.69) is 17.2 Å². The Labute approximate surface area is 186 Å². The smallest absolute Gasteiger partial charge is 0.344 e. The molecule has 0 atom stereocenters. The number of carbonyl (C=O) groups is 2. The minimum Gasteiger partial charge on any atom is -0.482 e. The van der Waals surface area contributed by atoms with Gasteiger partial charge < -0.3 is 9.47 Å². The highest BCUT2D eigenvalue weighted by Crippen LogP contribution is 2.27. The van der Waals surface area contributed by atoms with Gasteiger partial charge in [-0.25, -0.2) is 14.6 Å². The fraction of sp³-hybridized carbons (Fsp3) is 0.348. The van der Waals surface area contributed by atoms with Crippen LogP contribution in [-0.4, -0.2) is 36.7 Å². The second-order valence-electron chi connectivity index (χ2n) is 6.86. The molecule has 31 heavy (non-hydrogen) atoms. The van der Waals surface area contributed by atoms with E-state index in [-0.39, 0.29) is 12.6 Å². The van der Waals surface area contributed by atoms with Crippen molar-refractivity contribution in [3.63, 3.8) is 0 Å². The predicted molar refractivity (Wildman–Crippen MR) is 124 cm³/mol. The molecule has 0 saturated carbocycles. The summed E-state index contributed by atoms with van der Waals surface area (Å²) in [4.78, 5) is 30.7. The maximum atomic E-state index is 13.0. The average molecular weight is 442 g/mol. The van der Waals surface area contributed by atoms with E-state index in [0.29, 0.717) is 24.0 Å². The first-order chi connectivity index (χ1) is 15.1. The lowest BCUT2D eigenvalue weighted by Gasteiger charge is -2.23. The van der Waals surface area contributed by atoms with Gasteiger partial charge in [-0.1, -0.05) is 43.2 Å². The van der Waals surface area contributed by atoms with Gasteiger partial charge in [-0.2, -0.15) is 0 Å². The fourth-order valence-corrected chi connectivity index (χ4v) is 3.88. The van der Waals surface area contributed by atoms with Crippen molar-refractivity contribution in [2.75, 3.05) is 30.0 Å². The van der Waals surface area contributed by atoms with Crippen LogP contribution in [-0.2, 0) is 9.53 Å². The van der Waals surface area contributed by atoms with Crippen molar-refractivity contribution in [2.24, 2.45) is 0 Å². The van der Waals surface area contributed by atoms with Gasteiger partial charge in [0.2, 0.25) is 0 Å². The maximum absolute atomic E-state index is 13.0. The number of thiazole rings is 1. The van der Waals surface area contributed by atoms with Crippen LogP contribution >= 0.6 is 11.3 Å². The quantitative estimate of drug-likeness (QED) is 0.333. The van der Waals surface area contributed by atoms with Crippen molar-refractivity contribution in [1.29, 1.82) is 0 Å². The summed E-state index contributed by atoms with van der Waals surface area (Å²) in [5, 5.41) is 3.50. The van der Waals surface area contributed by atoms with Gasteiger partial charge in [0.05, 0.1) is 16.8 Å². The van der Waals surface area contributed by atoms with Gasteiger partial charge in [0.25, 0.3) is 0 Å². The summed E-state index contributed by atoms with van der Waals surface area (Å²) >= 11 is 1.45. The van der Waals surface area contributed by atoms with Gasteiger partial charge in [-0.15, -0.1) is 0 Å². The molecule has 0 aliphatic heterocycles. The van der Waals surface area contributed by atoms with E-state index in [4.69, 9.17) is 9.47 Å². The van der Waals surface area contributed by atoms with Crippen LogP contribution in [0.25, 0.3) is 10.2 Å². The van der Waals surface area contributed by atoms with Crippen LogP contribution in [0.4, 0.5) is 15.6 Å². The summed E-state index contributed by atoms with van der Waals surface area (Å²) in [7, 11) is 0. The van der Waals surface area contributed by atoms with Gasteiger partial charge in [0.15, 0.2) is 11.7 Å². The van der Waals surface area contributed by atoms with Gasteiger partial charge in [-0.3, -0.25) is 10.2 Å². The highest BCUT2D eigenvalue weighted by atomic mass is 32.1. The molecule has 8 heteroatoms. The zero-order chi connectivity index (χ0) is 22.1. The van der Waals surface area contributed by atoms with Crippen molar-refractivity contribution in [2.45, 2.75) is 33.1 Å². The first-order valence-electron chi connectivity index (χ1n) is 10.4. The van der Waals surface area contributed by atoms with Gasteiger partial charge in [0.1, 0.15) is 5.75 Å². The van der Waals surface area contributed by atoms with Crippen LogP contribution in [0.3, 0.4) is 0 Å². The number of rotatable bonds is 10. The summed E-state index contributed by atoms with van der Waals surface area (Å²) in [5.74, 6) is 0.125. The number of esters is 1. The Kier molecular flexibility index (Phi) is 8.23. The molecule has 1 heterocycles. The Morgan fingerprint density at radius 3 is 2.55 bits per heavy atom. The summed E-state index contributed by atoms with van der Waals surface area (Å²) < 4.78 is 11.3. The monoisotopic (exact) mass is 441 g/mol. The molecule has 0 bridgehead atoms. The number of hydrogen-bond donors (Lipinski definition) is 1. The molecule has 0 aliphatic rings. The minimum atomic E-state index is -0.414. The number of fused-ring (bicyclic) bond motifs is 1. The van der Waals surface area contributed by atoms with Crippen molar-refractivity contribution in [3.05, 3.63) is 48.5 Å². The lowest BCUT2D eigenvalue weighted by Crippen LogP contribution is -2.35. The molecule has 1 aromatic heterocycles. The number of hydrogen-bond acceptors (Lipinski definition) is 6. The number of nitrogens with one attached hydrogen (secondary N) is 1. The van der Waals surface area contributed by atoms with Gasteiger partial charge >= 0.3 is 12.0 Å². The molecule has 3 rings (SSSR count). The molecule has 0 unspecified atom stereocenters. The number of ether oxygens (including phenoxy) is 2. The lowest BCUT2D eigenvalue weighted by atomic mass is 10.2. The first-order valence-corrected chi connectivity index (χ1v) is 11.2. The van der Waals surface area contributed by atoms with Crippen LogP contribution in [0.1, 0.15) is 33.1 Å². The summed E-state index contributed by atoms with van der Waals surface area (Å²) in [6, 6.07) is 14.7. The number of para-hydroxylation sites is 1. The summed E-state index contributed by atoms with van der Waals surface area (Å²) in [5.41, 5.74) is 1.61. The largest absolute Gasteiger partial charge is 0.482 e.